The number of carbonyl (C=O) groups is 1. The smallest absolute Gasteiger partial charge is 0.300 e. The van der Waals surface area contributed by atoms with Crippen molar-refractivity contribution in [2.75, 3.05) is 0 Å². The zero-order chi connectivity index (χ0) is 10.1. The Bertz CT molecular complexity index is 162. The monoisotopic (exact) mass is 192 g/mol. The van der Waals surface area contributed by atoms with E-state index < -0.39 is 11.9 Å². The van der Waals surface area contributed by atoms with Gasteiger partial charge < -0.3 is 4.89 Å². The lowest BCUT2D eigenvalue weighted by Gasteiger charge is -1.96. The summed E-state index contributed by atoms with van der Waals surface area (Å²) in [7, 11) is 0. The first-order valence-corrected chi connectivity index (χ1v) is 3.62. The number of hydrogen-bond donors (Lipinski definition) is 1. The van der Waals surface area contributed by atoms with Gasteiger partial charge in [0.25, 0.3) is 0 Å². The van der Waals surface area contributed by atoms with Gasteiger partial charge in [0.05, 0.1) is 5.92 Å². The lowest BCUT2D eigenvalue weighted by molar-refractivity contribution is -0.236. The quantitative estimate of drug-likeness (QED) is 0.416. The molecule has 0 bridgehead atoms. The average Bonchev–Trinajstić information content (AvgIpc) is 2.00. The van der Waals surface area contributed by atoms with Crippen molar-refractivity contribution in [3.63, 3.8) is 0 Å². The van der Waals surface area contributed by atoms with Gasteiger partial charge in [-0.05, 0) is 13.8 Å². The Morgan fingerprint density at radius 3 is 2.17 bits per heavy atom. The number of hydrogen-bond acceptors (Lipinski definition) is 3. The van der Waals surface area contributed by atoms with Crippen LogP contribution in [0.2, 0.25) is 0 Å². The highest BCUT2D eigenvalue weighted by atomic mass is 35.5. The molecular formula is C8H13ClO3. The van der Waals surface area contributed by atoms with Crippen molar-refractivity contribution in [3.8, 4) is 0 Å². The van der Waals surface area contributed by atoms with E-state index in [2.05, 4.69) is 18.0 Å². The van der Waals surface area contributed by atoms with Gasteiger partial charge in [0, 0.05) is 5.03 Å². The minimum atomic E-state index is -0.681. The zero-order valence-corrected chi connectivity index (χ0v) is 7.97. The van der Waals surface area contributed by atoms with Crippen LogP contribution in [0.1, 0.15) is 13.8 Å². The molecule has 0 aromatic heterocycles. The Balaban J connectivity index is 0. The van der Waals surface area contributed by atoms with Crippen LogP contribution in [-0.2, 0) is 9.68 Å². The molecule has 1 atom stereocenters. The third-order valence-corrected chi connectivity index (χ3v) is 0.815. The number of halogens is 1. The van der Waals surface area contributed by atoms with E-state index in [1.165, 1.54) is 6.08 Å². The van der Waals surface area contributed by atoms with Crippen LogP contribution in [-0.4, -0.2) is 11.2 Å². The SMILES string of the molecule is C=C(C)Cl.C=CC(C)C(=O)OO. The first-order chi connectivity index (χ1) is 5.45. The highest BCUT2D eigenvalue weighted by molar-refractivity contribution is 6.28. The summed E-state index contributed by atoms with van der Waals surface area (Å²) in [5, 5.41) is 8.38. The van der Waals surface area contributed by atoms with Crippen molar-refractivity contribution in [2.45, 2.75) is 13.8 Å². The van der Waals surface area contributed by atoms with Gasteiger partial charge in [-0.2, -0.15) is 5.26 Å². The van der Waals surface area contributed by atoms with Gasteiger partial charge >= 0.3 is 5.97 Å². The van der Waals surface area contributed by atoms with E-state index in [1.807, 2.05) is 0 Å². The van der Waals surface area contributed by atoms with Crippen molar-refractivity contribution in [3.05, 3.63) is 24.3 Å². The third-order valence-electron chi connectivity index (χ3n) is 0.815. The Morgan fingerprint density at radius 2 is 2.08 bits per heavy atom. The Kier molecular flexibility index (Phi) is 9.52. The number of rotatable bonds is 2. The van der Waals surface area contributed by atoms with Crippen molar-refractivity contribution in [1.82, 2.24) is 0 Å². The third kappa shape index (κ3) is 11.9. The maximum absolute atomic E-state index is 10.2. The fourth-order valence-electron chi connectivity index (χ4n) is 0.179. The molecule has 3 nitrogen and oxygen atoms in total. The van der Waals surface area contributed by atoms with E-state index in [0.29, 0.717) is 5.03 Å². The van der Waals surface area contributed by atoms with Crippen LogP contribution in [0.25, 0.3) is 0 Å². The molecule has 0 saturated carbocycles. The summed E-state index contributed by atoms with van der Waals surface area (Å²) >= 11 is 5.08. The topological polar surface area (TPSA) is 46.5 Å². The second-order valence-corrected chi connectivity index (χ2v) is 2.76. The average molecular weight is 193 g/mol. The van der Waals surface area contributed by atoms with Gasteiger partial charge in [0.2, 0.25) is 0 Å². The molecule has 0 saturated heterocycles. The second kappa shape index (κ2) is 8.30. The van der Waals surface area contributed by atoms with Crippen LogP contribution in [0.15, 0.2) is 24.3 Å². The largest absolute Gasteiger partial charge is 0.348 e. The minimum Gasteiger partial charge on any atom is -0.300 e. The molecule has 0 fully saturated rings. The maximum atomic E-state index is 10.2. The zero-order valence-electron chi connectivity index (χ0n) is 7.21. The standard InChI is InChI=1S/C5H8O3.C3H5Cl/c1-3-4(2)5(6)8-7;1-3(2)4/h3-4,7H,1H2,2H3;1H2,2H3. The first kappa shape index (κ1) is 13.8. The van der Waals surface area contributed by atoms with E-state index in [9.17, 15) is 4.79 Å². The molecule has 70 valence electrons. The normalized spacial score (nSPS) is 10.3. The van der Waals surface area contributed by atoms with Crippen molar-refractivity contribution >= 4 is 17.6 Å². The minimum absolute atomic E-state index is 0.431. The molecule has 12 heavy (non-hydrogen) atoms. The van der Waals surface area contributed by atoms with Crippen LogP contribution in [0, 0.1) is 5.92 Å². The molecule has 0 heterocycles. The van der Waals surface area contributed by atoms with E-state index in [1.54, 1.807) is 13.8 Å². The molecule has 0 aliphatic carbocycles. The Morgan fingerprint density at radius 1 is 1.75 bits per heavy atom. The first-order valence-electron chi connectivity index (χ1n) is 3.24. The van der Waals surface area contributed by atoms with Crippen molar-refractivity contribution < 1.29 is 14.9 Å². The number of allylic oxidation sites excluding steroid dienone is 1. The van der Waals surface area contributed by atoms with E-state index >= 15 is 0 Å². The van der Waals surface area contributed by atoms with Crippen molar-refractivity contribution in [1.29, 1.82) is 0 Å². The summed E-state index contributed by atoms with van der Waals surface area (Å²) in [5.41, 5.74) is 0. The predicted octanol–water partition coefficient (Wildman–Crippen LogP) is 2.58. The van der Waals surface area contributed by atoms with Crippen LogP contribution < -0.4 is 0 Å². The van der Waals surface area contributed by atoms with Crippen LogP contribution >= 0.6 is 11.6 Å². The van der Waals surface area contributed by atoms with Crippen LogP contribution in [0.5, 0.6) is 0 Å². The van der Waals surface area contributed by atoms with Gasteiger partial charge in [-0.3, -0.25) is 0 Å². The molecule has 0 aromatic rings. The lowest BCUT2D eigenvalue weighted by Crippen LogP contribution is -2.09. The predicted molar refractivity (Wildman–Crippen MR) is 48.7 cm³/mol. The molecule has 0 aliphatic rings. The van der Waals surface area contributed by atoms with Gasteiger partial charge in [-0.15, -0.1) is 6.58 Å². The van der Waals surface area contributed by atoms with Crippen LogP contribution in [0.3, 0.4) is 0 Å². The molecule has 0 aliphatic heterocycles. The molecule has 0 amide bonds. The summed E-state index contributed by atoms with van der Waals surface area (Å²) in [4.78, 5) is 13.6. The molecule has 0 spiro atoms. The van der Waals surface area contributed by atoms with Gasteiger partial charge in [-0.1, -0.05) is 24.3 Å². The molecule has 0 rings (SSSR count). The molecule has 4 heteroatoms. The molecule has 0 radical (unpaired) electrons. The summed E-state index contributed by atoms with van der Waals surface area (Å²) in [5.74, 6) is -1.11. The highest BCUT2D eigenvalue weighted by Gasteiger charge is 2.08. The van der Waals surface area contributed by atoms with Crippen LogP contribution in [0.4, 0.5) is 0 Å². The highest BCUT2D eigenvalue weighted by Crippen LogP contribution is 1.95. The van der Waals surface area contributed by atoms with Gasteiger partial charge in [0.1, 0.15) is 0 Å². The Hall–Kier alpha value is -0.800. The number of carbonyl (C=O) groups excluding carboxylic acids is 1. The second-order valence-electron chi connectivity index (χ2n) is 2.11. The van der Waals surface area contributed by atoms with E-state index in [4.69, 9.17) is 16.9 Å². The molecule has 0 aromatic carbocycles. The summed E-state index contributed by atoms with van der Waals surface area (Å²) in [6.45, 7) is 9.95. The molecular weight excluding hydrogens is 180 g/mol. The van der Waals surface area contributed by atoms with Gasteiger partial charge in [0.15, 0.2) is 0 Å². The van der Waals surface area contributed by atoms with Gasteiger partial charge in [-0.25, -0.2) is 4.79 Å². The lowest BCUT2D eigenvalue weighted by atomic mass is 10.2. The molecule has 1 unspecified atom stereocenters. The summed E-state index contributed by atoms with van der Waals surface area (Å²) in [6, 6.07) is 0. The van der Waals surface area contributed by atoms with Crippen molar-refractivity contribution in [2.24, 2.45) is 5.92 Å². The fraction of sp³-hybridized carbons (Fsp3) is 0.375. The Labute approximate surface area is 77.2 Å². The maximum Gasteiger partial charge on any atom is 0.348 e. The van der Waals surface area contributed by atoms with E-state index in [0.717, 1.165) is 0 Å². The molecule has 1 N–H and O–H groups in total. The fourth-order valence-corrected chi connectivity index (χ4v) is 0.179. The summed E-state index contributed by atoms with van der Waals surface area (Å²) in [6.07, 6.45) is 1.39. The summed E-state index contributed by atoms with van der Waals surface area (Å²) < 4.78 is 0. The van der Waals surface area contributed by atoms with E-state index in [-0.39, 0.29) is 0 Å².